The van der Waals surface area contributed by atoms with Crippen LogP contribution in [-0.4, -0.2) is 19.5 Å². The number of carbonyl (C=O) groups excluding carboxylic acids is 1. The second-order valence-corrected chi connectivity index (χ2v) is 5.34. The molecule has 0 aliphatic carbocycles. The zero-order chi connectivity index (χ0) is 14.8. The molecule has 0 saturated heterocycles. The zero-order valence-electron chi connectivity index (χ0n) is 11.6. The normalized spacial score (nSPS) is 16.8. The minimum atomic E-state index is -0.208. The van der Waals surface area contributed by atoms with Crippen LogP contribution in [0, 0.1) is 0 Å². The van der Waals surface area contributed by atoms with Gasteiger partial charge in [0.1, 0.15) is 11.5 Å². The van der Waals surface area contributed by atoms with Gasteiger partial charge in [0, 0.05) is 11.1 Å². The number of para-hydroxylation sites is 1. The Balaban J connectivity index is 1.97. The minimum Gasteiger partial charge on any atom is -0.497 e. The molecule has 1 aliphatic rings. The first-order chi connectivity index (χ1) is 10.2. The molecule has 0 spiro atoms. The van der Waals surface area contributed by atoms with E-state index < -0.39 is 0 Å². The summed E-state index contributed by atoms with van der Waals surface area (Å²) in [6.07, 6.45) is 0.665. The molecule has 3 nitrogen and oxygen atoms in total. The predicted molar refractivity (Wildman–Crippen MR) is 81.6 cm³/mol. The van der Waals surface area contributed by atoms with Crippen molar-refractivity contribution in [2.75, 3.05) is 13.7 Å². The van der Waals surface area contributed by atoms with Gasteiger partial charge in [-0.3, -0.25) is 4.79 Å². The average molecular weight is 303 g/mol. The van der Waals surface area contributed by atoms with Gasteiger partial charge in [-0.1, -0.05) is 29.8 Å². The molecule has 2 aromatic carbocycles. The molecule has 21 heavy (non-hydrogen) atoms. The molecule has 0 bridgehead atoms. The summed E-state index contributed by atoms with van der Waals surface area (Å²) >= 11 is 6.22. The van der Waals surface area contributed by atoms with E-state index in [2.05, 4.69) is 0 Å². The molecule has 108 valence electrons. The van der Waals surface area contributed by atoms with Crippen LogP contribution in [0.2, 0.25) is 5.02 Å². The maximum Gasteiger partial charge on any atom is 0.172 e. The van der Waals surface area contributed by atoms with Crippen molar-refractivity contribution in [2.45, 2.75) is 12.3 Å². The smallest absolute Gasteiger partial charge is 0.172 e. The van der Waals surface area contributed by atoms with Crippen LogP contribution in [0.15, 0.2) is 42.5 Å². The summed E-state index contributed by atoms with van der Waals surface area (Å²) in [4.78, 5) is 12.8. The van der Waals surface area contributed by atoms with Crippen LogP contribution in [0.4, 0.5) is 0 Å². The third kappa shape index (κ3) is 2.61. The summed E-state index contributed by atoms with van der Waals surface area (Å²) in [6.45, 7) is 0.543. The monoisotopic (exact) mass is 302 g/mol. The summed E-state index contributed by atoms with van der Waals surface area (Å²) in [5, 5.41) is 0.420. The molecular formula is C17H15ClO3. The Kier molecular flexibility index (Phi) is 3.84. The maximum atomic E-state index is 12.8. The lowest BCUT2D eigenvalue weighted by Gasteiger charge is -2.25. The number of carbonyl (C=O) groups is 1. The number of fused-ring (bicyclic) bond motifs is 1. The molecule has 1 unspecified atom stereocenters. The maximum absolute atomic E-state index is 12.8. The Morgan fingerprint density at radius 1 is 1.29 bits per heavy atom. The quantitative estimate of drug-likeness (QED) is 0.801. The minimum absolute atomic E-state index is 0.0263. The van der Waals surface area contributed by atoms with Gasteiger partial charge in [-0.25, -0.2) is 0 Å². The molecule has 0 radical (unpaired) electrons. The number of ether oxygens (including phenoxy) is 2. The fraction of sp³-hybridized carbons (Fsp3) is 0.235. The highest BCUT2D eigenvalue weighted by atomic mass is 35.5. The lowest BCUT2D eigenvalue weighted by Crippen LogP contribution is -2.21. The lowest BCUT2D eigenvalue weighted by atomic mass is 9.86. The number of hydrogen-bond donors (Lipinski definition) is 0. The molecule has 0 amide bonds. The highest BCUT2D eigenvalue weighted by molar-refractivity contribution is 6.34. The van der Waals surface area contributed by atoms with Crippen molar-refractivity contribution in [1.82, 2.24) is 0 Å². The van der Waals surface area contributed by atoms with Gasteiger partial charge in [-0.05, 0) is 30.7 Å². The number of benzene rings is 2. The number of rotatable bonds is 3. The third-order valence-corrected chi connectivity index (χ3v) is 4.03. The first-order valence-corrected chi connectivity index (χ1v) is 7.18. The summed E-state index contributed by atoms with van der Waals surface area (Å²) in [6, 6.07) is 12.8. The predicted octanol–water partition coefficient (Wildman–Crippen LogP) is 4.10. The fourth-order valence-electron chi connectivity index (χ4n) is 2.62. The second-order valence-electron chi connectivity index (χ2n) is 4.94. The first kappa shape index (κ1) is 14.0. The highest BCUT2D eigenvalue weighted by Gasteiger charge is 2.29. The van der Waals surface area contributed by atoms with Gasteiger partial charge in [0.2, 0.25) is 0 Å². The molecule has 0 fully saturated rings. The first-order valence-electron chi connectivity index (χ1n) is 6.80. The van der Waals surface area contributed by atoms with E-state index in [9.17, 15) is 4.79 Å². The zero-order valence-corrected chi connectivity index (χ0v) is 12.4. The van der Waals surface area contributed by atoms with E-state index in [0.29, 0.717) is 29.4 Å². The Bertz CT molecular complexity index is 681. The van der Waals surface area contributed by atoms with Gasteiger partial charge >= 0.3 is 0 Å². The van der Waals surface area contributed by atoms with Crippen molar-refractivity contribution in [3.8, 4) is 11.5 Å². The number of methoxy groups -OCH3 is 1. The highest BCUT2D eigenvalue weighted by Crippen LogP contribution is 2.37. The van der Waals surface area contributed by atoms with Gasteiger partial charge < -0.3 is 9.47 Å². The van der Waals surface area contributed by atoms with E-state index in [0.717, 1.165) is 11.3 Å². The van der Waals surface area contributed by atoms with E-state index in [1.165, 1.54) is 0 Å². The van der Waals surface area contributed by atoms with Crippen molar-refractivity contribution < 1.29 is 14.3 Å². The molecule has 1 atom stereocenters. The molecule has 1 heterocycles. The Labute approximate surface area is 128 Å². The van der Waals surface area contributed by atoms with Crippen molar-refractivity contribution in [1.29, 1.82) is 0 Å². The molecule has 2 aromatic rings. The van der Waals surface area contributed by atoms with E-state index in [4.69, 9.17) is 21.1 Å². The van der Waals surface area contributed by atoms with Crippen LogP contribution in [0.3, 0.4) is 0 Å². The van der Waals surface area contributed by atoms with Crippen LogP contribution >= 0.6 is 11.6 Å². The van der Waals surface area contributed by atoms with E-state index in [1.54, 1.807) is 25.3 Å². The van der Waals surface area contributed by atoms with Crippen molar-refractivity contribution in [2.24, 2.45) is 0 Å². The van der Waals surface area contributed by atoms with Crippen molar-refractivity contribution in [3.05, 3.63) is 58.6 Å². The van der Waals surface area contributed by atoms with Gasteiger partial charge in [-0.15, -0.1) is 0 Å². The van der Waals surface area contributed by atoms with Crippen molar-refractivity contribution >= 4 is 17.4 Å². The lowest BCUT2D eigenvalue weighted by molar-refractivity contribution is 0.0933. The van der Waals surface area contributed by atoms with Crippen LogP contribution in [-0.2, 0) is 0 Å². The van der Waals surface area contributed by atoms with Crippen LogP contribution in [0.25, 0.3) is 0 Å². The molecule has 0 aromatic heterocycles. The number of halogens is 1. The molecule has 0 N–H and O–H groups in total. The molecule has 1 aliphatic heterocycles. The summed E-state index contributed by atoms with van der Waals surface area (Å²) < 4.78 is 10.7. The van der Waals surface area contributed by atoms with Gasteiger partial charge in [0.25, 0.3) is 0 Å². The van der Waals surface area contributed by atoms with Crippen LogP contribution in [0.1, 0.15) is 28.3 Å². The van der Waals surface area contributed by atoms with E-state index in [1.807, 2.05) is 24.3 Å². The SMILES string of the molecule is COc1ccc(C(=O)C2CCOc3ccccc32)c(Cl)c1. The van der Waals surface area contributed by atoms with Gasteiger partial charge in [0.05, 0.1) is 24.7 Å². The molecule has 4 heteroatoms. The molecule has 3 rings (SSSR count). The Hall–Kier alpha value is -2.00. The van der Waals surface area contributed by atoms with Crippen LogP contribution < -0.4 is 9.47 Å². The van der Waals surface area contributed by atoms with E-state index >= 15 is 0 Å². The second kappa shape index (κ2) is 5.78. The fourth-order valence-corrected chi connectivity index (χ4v) is 2.89. The largest absolute Gasteiger partial charge is 0.497 e. The number of ketones is 1. The molecule has 0 saturated carbocycles. The topological polar surface area (TPSA) is 35.5 Å². The Morgan fingerprint density at radius 2 is 2.10 bits per heavy atom. The summed E-state index contributed by atoms with van der Waals surface area (Å²) in [7, 11) is 1.57. The average Bonchev–Trinajstić information content (AvgIpc) is 2.53. The standard InChI is InChI=1S/C17H15ClO3/c1-20-11-6-7-14(15(18)10-11)17(19)13-8-9-21-16-5-3-2-4-12(13)16/h2-7,10,13H,8-9H2,1H3. The Morgan fingerprint density at radius 3 is 2.86 bits per heavy atom. The number of Topliss-reactive ketones (excluding diaryl/α,β-unsaturated/α-hetero) is 1. The number of hydrogen-bond acceptors (Lipinski definition) is 3. The van der Waals surface area contributed by atoms with Gasteiger partial charge in [-0.2, -0.15) is 0 Å². The summed E-state index contributed by atoms with van der Waals surface area (Å²) in [5.41, 5.74) is 1.46. The van der Waals surface area contributed by atoms with Crippen molar-refractivity contribution in [3.63, 3.8) is 0 Å². The van der Waals surface area contributed by atoms with Crippen LogP contribution in [0.5, 0.6) is 11.5 Å². The van der Waals surface area contributed by atoms with Gasteiger partial charge in [0.15, 0.2) is 5.78 Å². The van der Waals surface area contributed by atoms with E-state index in [-0.39, 0.29) is 11.7 Å². The third-order valence-electron chi connectivity index (χ3n) is 3.72. The molecular weight excluding hydrogens is 288 g/mol. The summed E-state index contributed by atoms with van der Waals surface area (Å²) in [5.74, 6) is 1.25.